The average molecular weight is 252 g/mol. The van der Waals surface area contributed by atoms with Crippen LogP contribution in [0.4, 0.5) is 0 Å². The Kier molecular flexibility index (Phi) is 6.32. The van der Waals surface area contributed by atoms with E-state index in [4.69, 9.17) is 9.84 Å². The van der Waals surface area contributed by atoms with Crippen molar-refractivity contribution in [2.24, 2.45) is 0 Å². The van der Waals surface area contributed by atoms with Crippen LogP contribution in [0.3, 0.4) is 0 Å². The van der Waals surface area contributed by atoms with Gasteiger partial charge >= 0.3 is 5.97 Å². The fourth-order valence-corrected chi connectivity index (χ4v) is 1.71. The number of ether oxygens (including phenoxy) is 1. The van der Waals surface area contributed by atoms with Crippen molar-refractivity contribution in [2.75, 3.05) is 26.8 Å². The fraction of sp³-hybridized carbons (Fsp3) is 0.538. The second kappa shape index (κ2) is 7.79. The van der Waals surface area contributed by atoms with Gasteiger partial charge in [0.1, 0.15) is 0 Å². The van der Waals surface area contributed by atoms with Gasteiger partial charge in [0.15, 0.2) is 0 Å². The van der Waals surface area contributed by atoms with Crippen LogP contribution in [-0.4, -0.2) is 47.8 Å². The van der Waals surface area contributed by atoms with Crippen LogP contribution in [0.5, 0.6) is 0 Å². The first-order chi connectivity index (χ1) is 8.72. The highest BCUT2D eigenvalue weighted by atomic mass is 16.5. The summed E-state index contributed by atoms with van der Waals surface area (Å²) < 4.78 is 4.74. The normalized spacial score (nSPS) is 10.7. The molecule has 0 aliphatic rings. The average Bonchev–Trinajstić information content (AvgIpc) is 2.43. The zero-order valence-corrected chi connectivity index (χ0v) is 10.9. The van der Waals surface area contributed by atoms with Crippen molar-refractivity contribution in [3.63, 3.8) is 0 Å². The maximum absolute atomic E-state index is 11.6. The van der Waals surface area contributed by atoms with E-state index in [0.717, 1.165) is 13.1 Å². The third-order valence-electron chi connectivity index (χ3n) is 2.75. The lowest BCUT2D eigenvalue weighted by molar-refractivity contribution is 0.0597. The van der Waals surface area contributed by atoms with Crippen LogP contribution in [0.25, 0.3) is 0 Å². The van der Waals surface area contributed by atoms with Crippen LogP contribution in [0.2, 0.25) is 0 Å². The number of pyridine rings is 1. The van der Waals surface area contributed by atoms with Crippen molar-refractivity contribution < 1.29 is 14.6 Å². The predicted molar refractivity (Wildman–Crippen MR) is 68.2 cm³/mol. The highest BCUT2D eigenvalue weighted by Crippen LogP contribution is 2.10. The fourth-order valence-electron chi connectivity index (χ4n) is 1.71. The van der Waals surface area contributed by atoms with Gasteiger partial charge in [-0.3, -0.25) is 9.88 Å². The SMILES string of the molecule is CCN(CCCO)Cc1ncccc1C(=O)OC. The van der Waals surface area contributed by atoms with Gasteiger partial charge in [0.05, 0.1) is 18.4 Å². The predicted octanol–water partition coefficient (Wildman–Crippen LogP) is 1.07. The van der Waals surface area contributed by atoms with Gasteiger partial charge < -0.3 is 9.84 Å². The monoisotopic (exact) mass is 252 g/mol. The van der Waals surface area contributed by atoms with Crippen molar-refractivity contribution in [3.8, 4) is 0 Å². The van der Waals surface area contributed by atoms with Gasteiger partial charge in [-0.1, -0.05) is 6.92 Å². The second-order valence-corrected chi connectivity index (χ2v) is 3.94. The molecule has 0 fully saturated rings. The largest absolute Gasteiger partial charge is 0.465 e. The number of methoxy groups -OCH3 is 1. The maximum Gasteiger partial charge on any atom is 0.339 e. The standard InChI is InChI=1S/C13H20N2O3/c1-3-15(8-5-9-16)10-12-11(13(17)18-2)6-4-7-14-12/h4,6-7,16H,3,5,8-10H2,1-2H3. The van der Waals surface area contributed by atoms with Gasteiger partial charge in [-0.25, -0.2) is 4.79 Å². The number of rotatable bonds is 7. The number of aliphatic hydroxyl groups excluding tert-OH is 1. The number of nitrogens with zero attached hydrogens (tertiary/aromatic N) is 2. The summed E-state index contributed by atoms with van der Waals surface area (Å²) in [6.45, 7) is 4.42. The minimum Gasteiger partial charge on any atom is -0.465 e. The summed E-state index contributed by atoms with van der Waals surface area (Å²) >= 11 is 0. The summed E-state index contributed by atoms with van der Waals surface area (Å²) in [7, 11) is 1.36. The van der Waals surface area contributed by atoms with E-state index < -0.39 is 0 Å². The van der Waals surface area contributed by atoms with Crippen LogP contribution in [0.15, 0.2) is 18.3 Å². The molecule has 0 bridgehead atoms. The van der Waals surface area contributed by atoms with Crippen LogP contribution in [-0.2, 0) is 11.3 Å². The van der Waals surface area contributed by atoms with E-state index in [2.05, 4.69) is 9.88 Å². The van der Waals surface area contributed by atoms with Gasteiger partial charge in [0, 0.05) is 25.9 Å². The van der Waals surface area contributed by atoms with E-state index in [-0.39, 0.29) is 12.6 Å². The summed E-state index contributed by atoms with van der Waals surface area (Å²) in [5, 5.41) is 8.84. The lowest BCUT2D eigenvalue weighted by Gasteiger charge is -2.20. The first kappa shape index (κ1) is 14.6. The van der Waals surface area contributed by atoms with Crippen molar-refractivity contribution in [1.29, 1.82) is 0 Å². The smallest absolute Gasteiger partial charge is 0.339 e. The molecule has 1 N–H and O–H groups in total. The Balaban J connectivity index is 2.78. The Morgan fingerprint density at radius 1 is 1.56 bits per heavy atom. The lowest BCUT2D eigenvalue weighted by Crippen LogP contribution is -2.26. The van der Waals surface area contributed by atoms with Crippen molar-refractivity contribution in [2.45, 2.75) is 19.9 Å². The molecule has 5 heteroatoms. The highest BCUT2D eigenvalue weighted by Gasteiger charge is 2.14. The Hall–Kier alpha value is -1.46. The van der Waals surface area contributed by atoms with Crippen LogP contribution in [0, 0.1) is 0 Å². The molecule has 0 unspecified atom stereocenters. The summed E-state index contributed by atoms with van der Waals surface area (Å²) in [6, 6.07) is 3.44. The first-order valence-electron chi connectivity index (χ1n) is 6.08. The van der Waals surface area contributed by atoms with Crippen molar-refractivity contribution in [3.05, 3.63) is 29.6 Å². The molecule has 0 amide bonds. The number of carbonyl (C=O) groups is 1. The van der Waals surface area contributed by atoms with Gasteiger partial charge in [0.25, 0.3) is 0 Å². The minimum atomic E-state index is -0.365. The first-order valence-corrected chi connectivity index (χ1v) is 6.08. The van der Waals surface area contributed by atoms with E-state index in [1.54, 1.807) is 18.3 Å². The molecule has 1 aromatic rings. The number of carbonyl (C=O) groups excluding carboxylic acids is 1. The summed E-state index contributed by atoms with van der Waals surface area (Å²) in [6.07, 6.45) is 2.38. The molecular formula is C13H20N2O3. The molecule has 5 nitrogen and oxygen atoms in total. The van der Waals surface area contributed by atoms with Crippen LogP contribution >= 0.6 is 0 Å². The van der Waals surface area contributed by atoms with E-state index in [9.17, 15) is 4.79 Å². The molecule has 0 saturated heterocycles. The molecule has 1 rings (SSSR count). The molecule has 0 radical (unpaired) electrons. The molecule has 0 aliphatic carbocycles. The molecule has 18 heavy (non-hydrogen) atoms. The lowest BCUT2D eigenvalue weighted by atomic mass is 10.2. The number of aliphatic hydroxyl groups is 1. The van der Waals surface area contributed by atoms with Gasteiger partial charge in [0.2, 0.25) is 0 Å². The Morgan fingerprint density at radius 2 is 2.33 bits per heavy atom. The third-order valence-corrected chi connectivity index (χ3v) is 2.75. The van der Waals surface area contributed by atoms with Gasteiger partial charge in [-0.05, 0) is 25.1 Å². The molecule has 100 valence electrons. The van der Waals surface area contributed by atoms with Crippen LogP contribution in [0.1, 0.15) is 29.4 Å². The number of hydrogen-bond acceptors (Lipinski definition) is 5. The third kappa shape index (κ3) is 4.09. The molecular weight excluding hydrogens is 232 g/mol. The Morgan fingerprint density at radius 3 is 2.94 bits per heavy atom. The minimum absolute atomic E-state index is 0.169. The zero-order chi connectivity index (χ0) is 13.4. The molecule has 0 aromatic carbocycles. The zero-order valence-electron chi connectivity index (χ0n) is 10.9. The molecule has 0 saturated carbocycles. The highest BCUT2D eigenvalue weighted by molar-refractivity contribution is 5.90. The number of esters is 1. The van der Waals surface area contributed by atoms with Gasteiger partial charge in [-0.2, -0.15) is 0 Å². The molecule has 0 aliphatic heterocycles. The quantitative estimate of drug-likeness (QED) is 0.735. The molecule has 1 aromatic heterocycles. The summed E-state index contributed by atoms with van der Waals surface area (Å²) in [5.74, 6) is -0.365. The van der Waals surface area contributed by atoms with E-state index in [1.807, 2.05) is 6.92 Å². The van der Waals surface area contributed by atoms with Crippen molar-refractivity contribution >= 4 is 5.97 Å². The summed E-state index contributed by atoms with van der Waals surface area (Å²) in [4.78, 5) is 18.0. The van der Waals surface area contributed by atoms with E-state index in [0.29, 0.717) is 24.2 Å². The maximum atomic E-state index is 11.6. The van der Waals surface area contributed by atoms with Crippen LogP contribution < -0.4 is 0 Å². The number of hydrogen-bond donors (Lipinski definition) is 1. The molecule has 1 heterocycles. The van der Waals surface area contributed by atoms with Crippen molar-refractivity contribution in [1.82, 2.24) is 9.88 Å². The topological polar surface area (TPSA) is 62.7 Å². The molecule has 0 atom stereocenters. The van der Waals surface area contributed by atoms with Gasteiger partial charge in [-0.15, -0.1) is 0 Å². The number of aromatic nitrogens is 1. The summed E-state index contributed by atoms with van der Waals surface area (Å²) in [5.41, 5.74) is 1.21. The Bertz CT molecular complexity index is 382. The van der Waals surface area contributed by atoms with E-state index in [1.165, 1.54) is 7.11 Å². The second-order valence-electron chi connectivity index (χ2n) is 3.94. The van der Waals surface area contributed by atoms with E-state index >= 15 is 0 Å². The Labute approximate surface area is 107 Å². The molecule has 0 spiro atoms.